The summed E-state index contributed by atoms with van der Waals surface area (Å²) in [7, 11) is 1.73. The highest BCUT2D eigenvalue weighted by Crippen LogP contribution is 2.56. The van der Waals surface area contributed by atoms with Gasteiger partial charge in [-0.25, -0.2) is 0 Å². The fraction of sp³-hybridized carbons (Fsp3) is 0.385. The number of halogens is 1. The predicted octanol–water partition coefficient (Wildman–Crippen LogP) is 7.52. The molecule has 0 amide bonds. The Bertz CT molecular complexity index is 1080. The molecule has 1 aliphatic carbocycles. The highest BCUT2D eigenvalue weighted by molar-refractivity contribution is 9.10. The van der Waals surface area contributed by atoms with E-state index < -0.39 is 0 Å². The third-order valence-electron chi connectivity index (χ3n) is 6.50. The van der Waals surface area contributed by atoms with E-state index in [2.05, 4.69) is 72.4 Å². The molecule has 2 aromatic carbocycles. The fourth-order valence-corrected chi connectivity index (χ4v) is 5.77. The Morgan fingerprint density at radius 1 is 1.13 bits per heavy atom. The highest BCUT2D eigenvalue weighted by atomic mass is 79.9. The monoisotopic (exact) mass is 465 g/mol. The van der Waals surface area contributed by atoms with E-state index in [1.807, 2.05) is 12.1 Å². The van der Waals surface area contributed by atoms with Gasteiger partial charge in [0.2, 0.25) is 0 Å². The molecule has 3 nitrogen and oxygen atoms in total. The van der Waals surface area contributed by atoms with Crippen molar-refractivity contribution in [1.82, 2.24) is 0 Å². The van der Waals surface area contributed by atoms with Crippen LogP contribution in [0.1, 0.15) is 57.3 Å². The van der Waals surface area contributed by atoms with Gasteiger partial charge in [0.15, 0.2) is 0 Å². The smallest absolute Gasteiger partial charge is 0.146 e. The summed E-state index contributed by atoms with van der Waals surface area (Å²) in [5.41, 5.74) is 7.29. The number of methoxy groups -OCH3 is 1. The summed E-state index contributed by atoms with van der Waals surface area (Å²) in [6, 6.07) is 8.51. The minimum Gasteiger partial charge on any atom is -0.496 e. The molecule has 2 aliphatic heterocycles. The van der Waals surface area contributed by atoms with E-state index in [-0.39, 0.29) is 11.6 Å². The van der Waals surface area contributed by atoms with Crippen molar-refractivity contribution in [2.75, 3.05) is 12.4 Å². The molecule has 0 saturated carbocycles. The van der Waals surface area contributed by atoms with Crippen LogP contribution in [0.2, 0.25) is 0 Å². The van der Waals surface area contributed by atoms with Gasteiger partial charge in [0.05, 0.1) is 22.7 Å². The number of fused-ring (bicyclic) bond motifs is 5. The molecule has 1 N–H and O–H groups in total. The summed E-state index contributed by atoms with van der Waals surface area (Å²) in [5.74, 6) is 2.20. The Morgan fingerprint density at radius 3 is 2.70 bits per heavy atom. The maximum Gasteiger partial charge on any atom is 0.146 e. The summed E-state index contributed by atoms with van der Waals surface area (Å²) < 4.78 is 13.6. The number of hydrogen-bond acceptors (Lipinski definition) is 3. The van der Waals surface area contributed by atoms with E-state index in [9.17, 15) is 0 Å². The third kappa shape index (κ3) is 3.08. The number of hydrogen-bond donors (Lipinski definition) is 1. The molecule has 0 radical (unpaired) electrons. The molecule has 5 rings (SSSR count). The van der Waals surface area contributed by atoms with Crippen molar-refractivity contribution in [3.8, 4) is 22.6 Å². The van der Waals surface area contributed by atoms with Gasteiger partial charge < -0.3 is 14.8 Å². The normalized spacial score (nSPS) is 23.3. The number of benzene rings is 2. The highest BCUT2D eigenvalue weighted by Gasteiger charge is 2.39. The Hall–Kier alpha value is -2.20. The van der Waals surface area contributed by atoms with E-state index in [1.165, 1.54) is 28.0 Å². The summed E-state index contributed by atoms with van der Waals surface area (Å²) >= 11 is 3.73. The van der Waals surface area contributed by atoms with Crippen LogP contribution in [0.5, 0.6) is 11.5 Å². The van der Waals surface area contributed by atoms with Gasteiger partial charge in [-0.1, -0.05) is 24.3 Å². The summed E-state index contributed by atoms with van der Waals surface area (Å²) in [6.45, 7) is 6.66. The molecule has 2 unspecified atom stereocenters. The zero-order valence-electron chi connectivity index (χ0n) is 18.0. The first-order valence-corrected chi connectivity index (χ1v) is 11.5. The van der Waals surface area contributed by atoms with Crippen LogP contribution in [0, 0.1) is 5.92 Å². The van der Waals surface area contributed by atoms with Crippen molar-refractivity contribution in [2.24, 2.45) is 5.92 Å². The van der Waals surface area contributed by atoms with E-state index >= 15 is 0 Å². The lowest BCUT2D eigenvalue weighted by atomic mass is 9.76. The SMILES string of the molecule is COc1ccc(Br)c2c1-c1ccc3c(c1C(C1CC=CCC1)O2)C(C)=CC(C)(C)N3. The van der Waals surface area contributed by atoms with Crippen molar-refractivity contribution >= 4 is 27.2 Å². The Labute approximate surface area is 187 Å². The fourth-order valence-electron chi connectivity index (χ4n) is 5.35. The number of rotatable bonds is 2. The zero-order chi connectivity index (χ0) is 21.0. The quantitative estimate of drug-likeness (QED) is 0.465. The van der Waals surface area contributed by atoms with Crippen molar-refractivity contribution in [1.29, 1.82) is 0 Å². The topological polar surface area (TPSA) is 30.5 Å². The first kappa shape index (κ1) is 19.7. The Balaban J connectivity index is 1.80. The van der Waals surface area contributed by atoms with Crippen LogP contribution < -0.4 is 14.8 Å². The molecule has 3 aliphatic rings. The second-order valence-corrected chi connectivity index (χ2v) is 10.0. The molecule has 4 heteroatoms. The average Bonchev–Trinajstić information content (AvgIpc) is 2.72. The first-order chi connectivity index (χ1) is 14.4. The predicted molar refractivity (Wildman–Crippen MR) is 127 cm³/mol. The lowest BCUT2D eigenvalue weighted by Gasteiger charge is -2.40. The lowest BCUT2D eigenvalue weighted by molar-refractivity contribution is 0.123. The maximum absolute atomic E-state index is 6.82. The zero-order valence-corrected chi connectivity index (χ0v) is 19.6. The van der Waals surface area contributed by atoms with Crippen LogP contribution in [0.4, 0.5) is 5.69 Å². The molecule has 0 bridgehead atoms. The van der Waals surface area contributed by atoms with Gasteiger partial charge in [-0.15, -0.1) is 0 Å². The van der Waals surface area contributed by atoms with Gasteiger partial charge in [-0.3, -0.25) is 0 Å². The van der Waals surface area contributed by atoms with Crippen LogP contribution in [-0.2, 0) is 0 Å². The molecule has 0 fully saturated rings. The van der Waals surface area contributed by atoms with Crippen LogP contribution in [0.25, 0.3) is 16.7 Å². The number of ether oxygens (including phenoxy) is 2. The minimum absolute atomic E-state index is 0.0159. The molecule has 0 saturated heterocycles. The molecule has 0 spiro atoms. The Kier molecular flexibility index (Phi) is 4.73. The minimum atomic E-state index is -0.0669. The van der Waals surface area contributed by atoms with Crippen molar-refractivity contribution in [2.45, 2.75) is 51.7 Å². The van der Waals surface area contributed by atoms with Gasteiger partial charge >= 0.3 is 0 Å². The van der Waals surface area contributed by atoms with Crippen LogP contribution in [0.15, 0.2) is 47.0 Å². The van der Waals surface area contributed by atoms with Gasteiger partial charge in [0.1, 0.15) is 17.6 Å². The summed E-state index contributed by atoms with van der Waals surface area (Å²) in [5, 5.41) is 3.72. The molecule has 2 atom stereocenters. The van der Waals surface area contributed by atoms with Gasteiger partial charge in [-0.05, 0) is 85.3 Å². The number of allylic oxidation sites excluding steroid dienone is 3. The molecule has 30 heavy (non-hydrogen) atoms. The van der Waals surface area contributed by atoms with E-state index in [0.717, 1.165) is 40.8 Å². The lowest BCUT2D eigenvalue weighted by Crippen LogP contribution is -2.33. The molecular weight excluding hydrogens is 438 g/mol. The molecule has 2 heterocycles. The molecule has 156 valence electrons. The van der Waals surface area contributed by atoms with E-state index in [4.69, 9.17) is 9.47 Å². The van der Waals surface area contributed by atoms with Gasteiger partial charge in [0, 0.05) is 22.7 Å². The Morgan fingerprint density at radius 2 is 1.97 bits per heavy atom. The van der Waals surface area contributed by atoms with Crippen molar-refractivity contribution in [3.05, 3.63) is 58.1 Å². The van der Waals surface area contributed by atoms with Crippen LogP contribution >= 0.6 is 15.9 Å². The van der Waals surface area contributed by atoms with E-state index in [1.54, 1.807) is 7.11 Å². The van der Waals surface area contributed by atoms with Crippen LogP contribution in [-0.4, -0.2) is 12.6 Å². The van der Waals surface area contributed by atoms with Gasteiger partial charge in [0.25, 0.3) is 0 Å². The summed E-state index contributed by atoms with van der Waals surface area (Å²) in [4.78, 5) is 0. The summed E-state index contributed by atoms with van der Waals surface area (Å²) in [6.07, 6.45) is 10.3. The second-order valence-electron chi connectivity index (χ2n) is 9.16. The standard InChI is InChI=1S/C26H28BrNO2/c1-15-14-26(2,3)28-19-12-10-17-22-20(29-4)13-11-18(27)25(22)30-24(23(17)21(15)19)16-8-6-5-7-9-16/h5-6,10-14,16,24,28H,7-9H2,1-4H3. The maximum atomic E-state index is 6.82. The largest absolute Gasteiger partial charge is 0.496 e. The number of nitrogens with one attached hydrogen (secondary N) is 1. The van der Waals surface area contributed by atoms with E-state index in [0.29, 0.717) is 5.92 Å². The molecule has 0 aromatic heterocycles. The first-order valence-electron chi connectivity index (χ1n) is 10.7. The third-order valence-corrected chi connectivity index (χ3v) is 7.13. The number of anilines is 1. The van der Waals surface area contributed by atoms with Crippen molar-refractivity contribution < 1.29 is 9.47 Å². The van der Waals surface area contributed by atoms with Gasteiger partial charge in [-0.2, -0.15) is 0 Å². The van der Waals surface area contributed by atoms with Crippen molar-refractivity contribution in [3.63, 3.8) is 0 Å². The molecule has 2 aromatic rings. The van der Waals surface area contributed by atoms with Crippen LogP contribution in [0.3, 0.4) is 0 Å². The molecular formula is C26H28BrNO2. The second kappa shape index (κ2) is 7.19. The average molecular weight is 466 g/mol.